The van der Waals surface area contributed by atoms with E-state index in [0.29, 0.717) is 29.7 Å². The number of piperidine rings is 1. The van der Waals surface area contributed by atoms with Crippen molar-refractivity contribution in [3.05, 3.63) is 0 Å². The third-order valence-corrected chi connectivity index (χ3v) is 6.69. The van der Waals surface area contributed by atoms with Gasteiger partial charge >= 0.3 is 5.97 Å². The molecule has 23 heavy (non-hydrogen) atoms. The highest BCUT2D eigenvalue weighted by Crippen LogP contribution is 2.45. The minimum Gasteiger partial charge on any atom is -0.481 e. The van der Waals surface area contributed by atoms with Crippen LogP contribution in [0, 0.1) is 23.7 Å². The Hall–Kier alpha value is -1.10. The molecule has 2 saturated carbocycles. The van der Waals surface area contributed by atoms with Crippen molar-refractivity contribution in [3.63, 3.8) is 0 Å². The molecule has 0 aromatic rings. The summed E-state index contributed by atoms with van der Waals surface area (Å²) in [7, 11) is 0. The van der Waals surface area contributed by atoms with Gasteiger partial charge in [0.2, 0.25) is 5.91 Å². The monoisotopic (exact) mass is 320 g/mol. The molecule has 4 fully saturated rings. The van der Waals surface area contributed by atoms with Gasteiger partial charge in [0.1, 0.15) is 0 Å². The van der Waals surface area contributed by atoms with Gasteiger partial charge in [-0.3, -0.25) is 14.5 Å². The molecule has 2 aliphatic heterocycles. The summed E-state index contributed by atoms with van der Waals surface area (Å²) in [6.45, 7) is 3.41. The second-order valence-corrected chi connectivity index (χ2v) is 8.08. The normalized spacial score (nSPS) is 33.7. The van der Waals surface area contributed by atoms with Gasteiger partial charge in [0.15, 0.2) is 0 Å². The maximum atomic E-state index is 12.3. The maximum absolute atomic E-state index is 12.3. The fraction of sp³-hybridized carbons (Fsp3) is 0.889. The van der Waals surface area contributed by atoms with Crippen LogP contribution in [0.4, 0.5) is 0 Å². The van der Waals surface area contributed by atoms with E-state index >= 15 is 0 Å². The lowest BCUT2D eigenvalue weighted by atomic mass is 9.84. The summed E-state index contributed by atoms with van der Waals surface area (Å²) in [5.41, 5.74) is 0. The fourth-order valence-electron chi connectivity index (χ4n) is 4.79. The Kier molecular flexibility index (Phi) is 4.08. The quantitative estimate of drug-likeness (QED) is 0.858. The Labute approximate surface area is 138 Å². The van der Waals surface area contributed by atoms with Gasteiger partial charge in [-0.1, -0.05) is 6.42 Å². The third kappa shape index (κ3) is 3.00. The highest BCUT2D eigenvalue weighted by Gasteiger charge is 2.47. The first kappa shape index (κ1) is 15.4. The highest BCUT2D eigenvalue weighted by molar-refractivity contribution is 5.79. The van der Waals surface area contributed by atoms with Crippen LogP contribution in [0.15, 0.2) is 0 Å². The summed E-state index contributed by atoms with van der Waals surface area (Å²) in [6, 6.07) is 0.478. The summed E-state index contributed by atoms with van der Waals surface area (Å²) in [5.74, 6) is 0.909. The van der Waals surface area contributed by atoms with Crippen LogP contribution < -0.4 is 0 Å². The molecule has 2 saturated heterocycles. The number of nitrogens with zero attached hydrogens (tertiary/aromatic N) is 2. The van der Waals surface area contributed by atoms with Crippen LogP contribution >= 0.6 is 0 Å². The second-order valence-electron chi connectivity index (χ2n) is 8.08. The predicted octanol–water partition coefficient (Wildman–Crippen LogP) is 1.82. The number of aliphatic carboxylic acids is 1. The smallest absolute Gasteiger partial charge is 0.308 e. The van der Waals surface area contributed by atoms with Crippen LogP contribution in [0.1, 0.15) is 44.9 Å². The van der Waals surface area contributed by atoms with Gasteiger partial charge in [0, 0.05) is 38.1 Å². The number of rotatable bonds is 4. The van der Waals surface area contributed by atoms with E-state index in [4.69, 9.17) is 0 Å². The van der Waals surface area contributed by atoms with Gasteiger partial charge in [-0.25, -0.2) is 0 Å². The number of amides is 1. The molecule has 4 aliphatic rings. The van der Waals surface area contributed by atoms with E-state index in [1.807, 2.05) is 0 Å². The van der Waals surface area contributed by atoms with Crippen LogP contribution in [0.3, 0.4) is 0 Å². The minimum absolute atomic E-state index is 0.169. The van der Waals surface area contributed by atoms with Crippen molar-refractivity contribution in [3.8, 4) is 0 Å². The average molecular weight is 320 g/mol. The Morgan fingerprint density at radius 3 is 2.13 bits per heavy atom. The van der Waals surface area contributed by atoms with E-state index in [0.717, 1.165) is 51.9 Å². The largest absolute Gasteiger partial charge is 0.481 e. The molecule has 128 valence electrons. The molecular formula is C18H28N2O3. The molecule has 0 bridgehead atoms. The summed E-state index contributed by atoms with van der Waals surface area (Å²) >= 11 is 0. The molecule has 4 rings (SSSR count). The van der Waals surface area contributed by atoms with Gasteiger partial charge in [-0.2, -0.15) is 0 Å². The molecule has 1 amide bonds. The van der Waals surface area contributed by atoms with E-state index in [9.17, 15) is 14.7 Å². The molecule has 0 aromatic heterocycles. The Morgan fingerprint density at radius 1 is 0.913 bits per heavy atom. The molecular weight excluding hydrogens is 292 g/mol. The molecule has 5 heteroatoms. The van der Waals surface area contributed by atoms with Crippen molar-refractivity contribution in [1.82, 2.24) is 9.80 Å². The van der Waals surface area contributed by atoms with E-state index in [-0.39, 0.29) is 5.92 Å². The van der Waals surface area contributed by atoms with Crippen molar-refractivity contribution < 1.29 is 14.7 Å². The lowest BCUT2D eigenvalue weighted by molar-refractivity contribution is -0.142. The summed E-state index contributed by atoms with van der Waals surface area (Å²) in [4.78, 5) is 28.4. The Morgan fingerprint density at radius 2 is 1.61 bits per heavy atom. The van der Waals surface area contributed by atoms with E-state index in [2.05, 4.69) is 9.80 Å². The lowest BCUT2D eigenvalue weighted by Crippen LogP contribution is -2.48. The second kappa shape index (κ2) is 6.08. The summed E-state index contributed by atoms with van der Waals surface area (Å²) in [5, 5.41) is 9.51. The summed E-state index contributed by atoms with van der Waals surface area (Å²) in [6.07, 6.45) is 7.83. The van der Waals surface area contributed by atoms with Gasteiger partial charge in [0.05, 0.1) is 5.92 Å². The Bertz CT molecular complexity index is 479. The van der Waals surface area contributed by atoms with E-state index < -0.39 is 5.97 Å². The third-order valence-electron chi connectivity index (χ3n) is 6.69. The number of carboxylic acid groups (broad SMARTS) is 1. The maximum Gasteiger partial charge on any atom is 0.308 e. The molecule has 0 radical (unpaired) electrons. The number of hydrogen-bond acceptors (Lipinski definition) is 3. The van der Waals surface area contributed by atoms with Crippen molar-refractivity contribution in [2.75, 3.05) is 26.2 Å². The average Bonchev–Trinajstić information content (AvgIpc) is 3.24. The van der Waals surface area contributed by atoms with Crippen molar-refractivity contribution >= 4 is 11.9 Å². The molecule has 0 spiro atoms. The van der Waals surface area contributed by atoms with Crippen LogP contribution in [-0.2, 0) is 9.59 Å². The molecule has 2 atom stereocenters. The number of hydrogen-bond donors (Lipinski definition) is 1. The van der Waals surface area contributed by atoms with Crippen LogP contribution in [0.5, 0.6) is 0 Å². The van der Waals surface area contributed by atoms with Crippen molar-refractivity contribution in [2.45, 2.75) is 51.0 Å². The molecule has 2 aliphatic carbocycles. The molecule has 0 aromatic carbocycles. The number of carboxylic acids is 1. The first-order valence-corrected chi connectivity index (χ1v) is 9.39. The van der Waals surface area contributed by atoms with Crippen LogP contribution in [0.25, 0.3) is 0 Å². The van der Waals surface area contributed by atoms with Gasteiger partial charge in [-0.15, -0.1) is 0 Å². The zero-order valence-electron chi connectivity index (χ0n) is 13.8. The number of carbonyl (C=O) groups is 2. The van der Waals surface area contributed by atoms with Crippen molar-refractivity contribution in [2.24, 2.45) is 23.7 Å². The zero-order valence-corrected chi connectivity index (χ0v) is 13.8. The molecule has 2 heterocycles. The molecule has 0 unspecified atom stereocenters. The fourth-order valence-corrected chi connectivity index (χ4v) is 4.79. The van der Waals surface area contributed by atoms with Gasteiger partial charge in [0.25, 0.3) is 0 Å². The topological polar surface area (TPSA) is 60.9 Å². The van der Waals surface area contributed by atoms with Crippen molar-refractivity contribution in [1.29, 1.82) is 0 Å². The SMILES string of the molecule is O=C(O)[C@@H]1CN(C2CCN(C(=O)C3CCC3)CC2)C[C@H]1C1CC1. The minimum atomic E-state index is -0.609. The predicted molar refractivity (Wildman–Crippen MR) is 85.9 cm³/mol. The zero-order chi connectivity index (χ0) is 16.0. The first-order valence-electron chi connectivity index (χ1n) is 9.39. The van der Waals surface area contributed by atoms with E-state index in [1.165, 1.54) is 19.3 Å². The molecule has 1 N–H and O–H groups in total. The van der Waals surface area contributed by atoms with Crippen LogP contribution in [0.2, 0.25) is 0 Å². The van der Waals surface area contributed by atoms with E-state index in [1.54, 1.807) is 0 Å². The van der Waals surface area contributed by atoms with Gasteiger partial charge < -0.3 is 10.0 Å². The van der Waals surface area contributed by atoms with Gasteiger partial charge in [-0.05, 0) is 50.4 Å². The Balaban J connectivity index is 1.31. The first-order chi connectivity index (χ1) is 11.1. The number of carbonyl (C=O) groups excluding carboxylic acids is 1. The molecule has 5 nitrogen and oxygen atoms in total. The highest BCUT2D eigenvalue weighted by atomic mass is 16.4. The van der Waals surface area contributed by atoms with Crippen LogP contribution in [-0.4, -0.2) is 59.0 Å². The lowest BCUT2D eigenvalue weighted by Gasteiger charge is -2.39. The summed E-state index contributed by atoms with van der Waals surface area (Å²) < 4.78 is 0. The standard InChI is InChI=1S/C18H28N2O3/c21-17(13-2-1-3-13)19-8-6-14(7-9-19)20-10-15(12-4-5-12)16(11-20)18(22)23/h12-16H,1-11H2,(H,22,23)/t15-,16+/m0/s1. The number of likely N-dealkylation sites (tertiary alicyclic amines) is 2.